The SMILES string of the molecule is CCOCCOc1cccc(NC(=O)CNc2cc(Cl)ccc2Cl)c1. The summed E-state index contributed by atoms with van der Waals surface area (Å²) in [7, 11) is 0. The number of halogens is 2. The average Bonchev–Trinajstić information content (AvgIpc) is 2.60. The molecule has 2 aromatic rings. The fraction of sp³-hybridized carbons (Fsp3) is 0.278. The summed E-state index contributed by atoms with van der Waals surface area (Å²) >= 11 is 12.0. The predicted molar refractivity (Wildman–Crippen MR) is 102 cm³/mol. The molecule has 134 valence electrons. The summed E-state index contributed by atoms with van der Waals surface area (Å²) in [6, 6.07) is 12.2. The molecule has 25 heavy (non-hydrogen) atoms. The van der Waals surface area contributed by atoms with Crippen LogP contribution in [0.4, 0.5) is 11.4 Å². The lowest BCUT2D eigenvalue weighted by Crippen LogP contribution is -2.21. The lowest BCUT2D eigenvalue weighted by Gasteiger charge is -2.11. The maximum atomic E-state index is 12.1. The number of hydrogen-bond acceptors (Lipinski definition) is 4. The van der Waals surface area contributed by atoms with E-state index in [1.165, 1.54) is 0 Å². The van der Waals surface area contributed by atoms with Crippen LogP contribution in [0, 0.1) is 0 Å². The van der Waals surface area contributed by atoms with Crippen LogP contribution in [0.15, 0.2) is 42.5 Å². The fourth-order valence-electron chi connectivity index (χ4n) is 2.04. The molecule has 0 aliphatic rings. The molecule has 0 heterocycles. The summed E-state index contributed by atoms with van der Waals surface area (Å²) in [4.78, 5) is 12.1. The molecule has 5 nitrogen and oxygen atoms in total. The number of nitrogens with one attached hydrogen (secondary N) is 2. The zero-order chi connectivity index (χ0) is 18.1. The van der Waals surface area contributed by atoms with E-state index < -0.39 is 0 Å². The Morgan fingerprint density at radius 1 is 1.12 bits per heavy atom. The molecule has 1 amide bonds. The molecule has 0 aliphatic carbocycles. The van der Waals surface area contributed by atoms with E-state index in [4.69, 9.17) is 32.7 Å². The van der Waals surface area contributed by atoms with Crippen molar-refractivity contribution in [1.29, 1.82) is 0 Å². The van der Waals surface area contributed by atoms with Crippen molar-refractivity contribution in [3.05, 3.63) is 52.5 Å². The van der Waals surface area contributed by atoms with E-state index in [1.807, 2.05) is 19.1 Å². The summed E-state index contributed by atoms with van der Waals surface area (Å²) < 4.78 is 10.8. The van der Waals surface area contributed by atoms with Gasteiger partial charge in [-0.05, 0) is 37.3 Å². The summed E-state index contributed by atoms with van der Waals surface area (Å²) in [5.41, 5.74) is 1.26. The van der Waals surface area contributed by atoms with Crippen molar-refractivity contribution in [2.75, 3.05) is 37.0 Å². The van der Waals surface area contributed by atoms with Gasteiger partial charge in [-0.2, -0.15) is 0 Å². The maximum absolute atomic E-state index is 12.1. The third-order valence-electron chi connectivity index (χ3n) is 3.19. The number of rotatable bonds is 9. The Balaban J connectivity index is 1.84. The van der Waals surface area contributed by atoms with Crippen LogP contribution >= 0.6 is 23.2 Å². The molecular formula is C18H20Cl2N2O3. The van der Waals surface area contributed by atoms with Gasteiger partial charge in [-0.1, -0.05) is 29.3 Å². The van der Waals surface area contributed by atoms with Crippen LogP contribution in [0.5, 0.6) is 5.75 Å². The minimum atomic E-state index is -0.206. The van der Waals surface area contributed by atoms with Gasteiger partial charge in [-0.15, -0.1) is 0 Å². The third kappa shape index (κ3) is 6.82. The Kier molecular flexibility index (Phi) is 7.85. The van der Waals surface area contributed by atoms with E-state index in [1.54, 1.807) is 30.3 Å². The van der Waals surface area contributed by atoms with Gasteiger partial charge >= 0.3 is 0 Å². The van der Waals surface area contributed by atoms with E-state index in [-0.39, 0.29) is 12.5 Å². The minimum Gasteiger partial charge on any atom is -0.491 e. The molecule has 0 atom stereocenters. The largest absolute Gasteiger partial charge is 0.491 e. The van der Waals surface area contributed by atoms with Crippen molar-refractivity contribution < 1.29 is 14.3 Å². The quantitative estimate of drug-likeness (QED) is 0.628. The minimum absolute atomic E-state index is 0.0650. The number of anilines is 2. The van der Waals surface area contributed by atoms with Crippen LogP contribution in [0.25, 0.3) is 0 Å². The molecule has 2 N–H and O–H groups in total. The summed E-state index contributed by atoms with van der Waals surface area (Å²) in [6.07, 6.45) is 0. The lowest BCUT2D eigenvalue weighted by atomic mass is 10.3. The second-order valence-corrected chi connectivity index (χ2v) is 5.94. The Morgan fingerprint density at radius 2 is 1.96 bits per heavy atom. The first-order chi connectivity index (χ1) is 12.1. The number of hydrogen-bond donors (Lipinski definition) is 2. The van der Waals surface area contributed by atoms with E-state index >= 15 is 0 Å². The number of amides is 1. The second-order valence-electron chi connectivity index (χ2n) is 5.10. The number of carbonyl (C=O) groups excluding carboxylic acids is 1. The van der Waals surface area contributed by atoms with Gasteiger partial charge in [0.25, 0.3) is 0 Å². The van der Waals surface area contributed by atoms with Crippen molar-refractivity contribution in [2.45, 2.75) is 6.92 Å². The highest BCUT2D eigenvalue weighted by Crippen LogP contribution is 2.25. The van der Waals surface area contributed by atoms with Crippen LogP contribution in [0.3, 0.4) is 0 Å². The van der Waals surface area contributed by atoms with Crippen LogP contribution in [0.2, 0.25) is 10.0 Å². The fourth-order valence-corrected chi connectivity index (χ4v) is 2.40. The smallest absolute Gasteiger partial charge is 0.243 e. The van der Waals surface area contributed by atoms with Crippen molar-refractivity contribution in [3.63, 3.8) is 0 Å². The van der Waals surface area contributed by atoms with Gasteiger partial charge in [0.15, 0.2) is 0 Å². The van der Waals surface area contributed by atoms with Crippen LogP contribution < -0.4 is 15.4 Å². The molecule has 2 aromatic carbocycles. The van der Waals surface area contributed by atoms with Crippen molar-refractivity contribution in [1.82, 2.24) is 0 Å². The van der Waals surface area contributed by atoms with Gasteiger partial charge in [0.2, 0.25) is 5.91 Å². The zero-order valence-electron chi connectivity index (χ0n) is 13.9. The van der Waals surface area contributed by atoms with Gasteiger partial charge < -0.3 is 20.1 Å². The molecule has 0 aromatic heterocycles. The van der Waals surface area contributed by atoms with Crippen LogP contribution in [0.1, 0.15) is 6.92 Å². The Bertz CT molecular complexity index is 710. The number of benzene rings is 2. The van der Waals surface area contributed by atoms with E-state index in [9.17, 15) is 4.79 Å². The zero-order valence-corrected chi connectivity index (χ0v) is 15.4. The maximum Gasteiger partial charge on any atom is 0.243 e. The summed E-state index contributed by atoms with van der Waals surface area (Å²) in [6.45, 7) is 3.64. The molecule has 0 aliphatic heterocycles. The molecule has 0 bridgehead atoms. The molecule has 0 fully saturated rings. The van der Waals surface area contributed by atoms with Crippen LogP contribution in [-0.2, 0) is 9.53 Å². The van der Waals surface area contributed by atoms with Gasteiger partial charge in [0, 0.05) is 23.4 Å². The van der Waals surface area contributed by atoms with Gasteiger partial charge in [-0.25, -0.2) is 0 Å². The normalized spacial score (nSPS) is 10.4. The molecule has 2 rings (SSSR count). The topological polar surface area (TPSA) is 59.6 Å². The molecule has 0 saturated carbocycles. The molecule has 7 heteroatoms. The highest BCUT2D eigenvalue weighted by Gasteiger charge is 2.06. The van der Waals surface area contributed by atoms with Gasteiger partial charge in [0.05, 0.1) is 23.9 Å². The summed E-state index contributed by atoms with van der Waals surface area (Å²) in [5.74, 6) is 0.464. The number of carbonyl (C=O) groups is 1. The van der Waals surface area contributed by atoms with E-state index in [0.717, 1.165) is 0 Å². The summed E-state index contributed by atoms with van der Waals surface area (Å²) in [5, 5.41) is 6.81. The monoisotopic (exact) mass is 382 g/mol. The van der Waals surface area contributed by atoms with Crippen molar-refractivity contribution in [2.24, 2.45) is 0 Å². The molecule has 0 spiro atoms. The second kappa shape index (κ2) is 10.1. The molecule has 0 unspecified atom stereocenters. The standard InChI is InChI=1S/C18H20Cl2N2O3/c1-2-24-8-9-25-15-5-3-4-14(11-15)22-18(23)12-21-17-10-13(19)6-7-16(17)20/h3-7,10-11,21H,2,8-9,12H2,1H3,(H,22,23). The molecule has 0 radical (unpaired) electrons. The first-order valence-corrected chi connectivity index (χ1v) is 8.63. The Labute approximate surface area is 157 Å². The van der Waals surface area contributed by atoms with Crippen LogP contribution in [-0.4, -0.2) is 32.3 Å². The highest BCUT2D eigenvalue weighted by molar-refractivity contribution is 6.35. The van der Waals surface area contributed by atoms with Crippen molar-refractivity contribution >= 4 is 40.5 Å². The first-order valence-electron chi connectivity index (χ1n) is 7.88. The Hall–Kier alpha value is -1.95. The van der Waals surface area contributed by atoms with Crippen molar-refractivity contribution in [3.8, 4) is 5.75 Å². The molecular weight excluding hydrogens is 363 g/mol. The van der Waals surface area contributed by atoms with E-state index in [0.29, 0.717) is 47.0 Å². The average molecular weight is 383 g/mol. The number of ether oxygens (including phenoxy) is 2. The highest BCUT2D eigenvalue weighted by atomic mass is 35.5. The molecule has 0 saturated heterocycles. The van der Waals surface area contributed by atoms with Gasteiger partial charge in [0.1, 0.15) is 12.4 Å². The lowest BCUT2D eigenvalue weighted by molar-refractivity contribution is -0.114. The van der Waals surface area contributed by atoms with E-state index in [2.05, 4.69) is 10.6 Å². The van der Waals surface area contributed by atoms with Gasteiger partial charge in [-0.3, -0.25) is 4.79 Å². The Morgan fingerprint density at radius 3 is 2.76 bits per heavy atom. The first kappa shape index (κ1) is 19.4. The predicted octanol–water partition coefficient (Wildman–Crippen LogP) is 4.46. The third-order valence-corrected chi connectivity index (χ3v) is 3.75.